The Morgan fingerprint density at radius 2 is 1.93 bits per heavy atom. The fraction of sp³-hybridized carbons (Fsp3) is 0.273. The maximum Gasteiger partial charge on any atom is 0.341 e. The monoisotopic (exact) mass is 380 g/mol. The summed E-state index contributed by atoms with van der Waals surface area (Å²) in [7, 11) is 1.53. The van der Waals surface area contributed by atoms with Crippen LogP contribution in [0.1, 0.15) is 29.8 Å². The molecule has 1 unspecified atom stereocenters. The van der Waals surface area contributed by atoms with E-state index in [4.69, 9.17) is 9.47 Å². The van der Waals surface area contributed by atoms with Gasteiger partial charge in [-0.15, -0.1) is 0 Å². The Morgan fingerprint density at radius 3 is 2.64 bits per heavy atom. The molecule has 1 aromatic heterocycles. The molecule has 6 heteroatoms. The Bertz CT molecular complexity index is 1020. The molecule has 0 saturated carbocycles. The number of nitrogens with zero attached hydrogens (tertiary/aromatic N) is 1. The van der Waals surface area contributed by atoms with E-state index in [9.17, 15) is 9.59 Å². The number of carbonyl (C=O) groups is 2. The van der Waals surface area contributed by atoms with Crippen molar-refractivity contribution in [2.75, 3.05) is 12.4 Å². The highest BCUT2D eigenvalue weighted by molar-refractivity contribution is 6.05. The molecule has 0 fully saturated rings. The number of fused-ring (bicyclic) bond motifs is 1. The number of aryl methyl sites for hydroxylation is 2. The molecule has 1 N–H and O–H groups in total. The van der Waals surface area contributed by atoms with Crippen LogP contribution in [-0.4, -0.2) is 29.7 Å². The third kappa shape index (κ3) is 3.86. The molecule has 1 heterocycles. The lowest BCUT2D eigenvalue weighted by atomic mass is 10.2. The molecule has 0 spiro atoms. The summed E-state index contributed by atoms with van der Waals surface area (Å²) >= 11 is 0. The molecule has 0 saturated heterocycles. The van der Waals surface area contributed by atoms with Gasteiger partial charge in [0.15, 0.2) is 6.10 Å². The van der Waals surface area contributed by atoms with Crippen molar-refractivity contribution in [2.45, 2.75) is 33.4 Å². The summed E-state index contributed by atoms with van der Waals surface area (Å²) in [6.07, 6.45) is 0.808. The quantitative estimate of drug-likeness (QED) is 0.652. The van der Waals surface area contributed by atoms with Crippen LogP contribution in [-0.2, 0) is 16.1 Å². The van der Waals surface area contributed by atoms with E-state index in [1.165, 1.54) is 7.11 Å². The smallest absolute Gasteiger partial charge is 0.341 e. The number of rotatable bonds is 6. The van der Waals surface area contributed by atoms with Crippen LogP contribution in [0.3, 0.4) is 0 Å². The zero-order valence-electron chi connectivity index (χ0n) is 16.5. The summed E-state index contributed by atoms with van der Waals surface area (Å²) in [5, 5.41) is 3.57. The number of nitrogens with one attached hydrogen (secondary N) is 1. The summed E-state index contributed by atoms with van der Waals surface area (Å²) in [5.41, 5.74) is 2.93. The molecule has 3 aromatic rings. The number of anilines is 1. The van der Waals surface area contributed by atoms with E-state index in [0.29, 0.717) is 17.0 Å². The van der Waals surface area contributed by atoms with Crippen molar-refractivity contribution in [3.05, 3.63) is 59.8 Å². The van der Waals surface area contributed by atoms with Crippen LogP contribution in [0, 0.1) is 6.92 Å². The van der Waals surface area contributed by atoms with Crippen LogP contribution in [0.25, 0.3) is 10.9 Å². The van der Waals surface area contributed by atoms with Gasteiger partial charge in [-0.25, -0.2) is 4.79 Å². The van der Waals surface area contributed by atoms with Gasteiger partial charge in [0.2, 0.25) is 0 Å². The van der Waals surface area contributed by atoms with E-state index in [0.717, 1.165) is 23.0 Å². The van der Waals surface area contributed by atoms with E-state index in [1.54, 1.807) is 25.3 Å². The number of aromatic nitrogens is 1. The molecule has 1 amide bonds. The highest BCUT2D eigenvalue weighted by Crippen LogP contribution is 2.26. The summed E-state index contributed by atoms with van der Waals surface area (Å²) in [5.74, 6) is -0.401. The number of carbonyl (C=O) groups excluding carboxylic acids is 2. The number of methoxy groups -OCH3 is 1. The molecule has 28 heavy (non-hydrogen) atoms. The maximum atomic E-state index is 12.7. The molecule has 0 aliphatic rings. The minimum Gasteiger partial charge on any atom is -0.495 e. The normalized spacial score (nSPS) is 11.9. The van der Waals surface area contributed by atoms with Crippen molar-refractivity contribution in [1.29, 1.82) is 0 Å². The summed E-state index contributed by atoms with van der Waals surface area (Å²) in [6, 6.07) is 13.1. The number of esters is 1. The molecule has 0 bridgehead atoms. The minimum atomic E-state index is -0.957. The highest BCUT2D eigenvalue weighted by atomic mass is 16.5. The first-order valence-corrected chi connectivity index (χ1v) is 9.19. The number of ether oxygens (including phenoxy) is 2. The lowest BCUT2D eigenvalue weighted by molar-refractivity contribution is -0.123. The predicted octanol–water partition coefficient (Wildman–Crippen LogP) is 4.16. The molecule has 0 aliphatic heterocycles. The van der Waals surface area contributed by atoms with Crippen molar-refractivity contribution in [3.8, 4) is 5.75 Å². The second-order valence-electron chi connectivity index (χ2n) is 6.59. The minimum absolute atomic E-state index is 0.420. The average Bonchev–Trinajstić information content (AvgIpc) is 3.07. The molecule has 2 aromatic carbocycles. The van der Waals surface area contributed by atoms with Gasteiger partial charge >= 0.3 is 5.97 Å². The van der Waals surface area contributed by atoms with Crippen LogP contribution in [0.2, 0.25) is 0 Å². The van der Waals surface area contributed by atoms with Crippen LogP contribution >= 0.6 is 0 Å². The lowest BCUT2D eigenvalue weighted by Crippen LogP contribution is -2.30. The Balaban J connectivity index is 1.76. The zero-order chi connectivity index (χ0) is 20.3. The summed E-state index contributed by atoms with van der Waals surface area (Å²) < 4.78 is 12.7. The second kappa shape index (κ2) is 8.17. The lowest BCUT2D eigenvalue weighted by Gasteiger charge is -2.15. The number of benzene rings is 2. The second-order valence-corrected chi connectivity index (χ2v) is 6.59. The van der Waals surface area contributed by atoms with Gasteiger partial charge in [0.05, 0.1) is 18.4 Å². The Hall–Kier alpha value is -3.28. The molecular weight excluding hydrogens is 356 g/mol. The van der Waals surface area contributed by atoms with Gasteiger partial charge in [0.25, 0.3) is 5.91 Å². The van der Waals surface area contributed by atoms with Gasteiger partial charge < -0.3 is 19.4 Å². The number of hydrogen-bond donors (Lipinski definition) is 1. The first-order chi connectivity index (χ1) is 13.4. The van der Waals surface area contributed by atoms with Crippen LogP contribution in [0.15, 0.2) is 48.7 Å². The van der Waals surface area contributed by atoms with Crippen LogP contribution < -0.4 is 10.1 Å². The van der Waals surface area contributed by atoms with Crippen LogP contribution in [0.4, 0.5) is 5.69 Å². The topological polar surface area (TPSA) is 69.6 Å². The Kier molecular flexibility index (Phi) is 5.68. The van der Waals surface area contributed by atoms with Gasteiger partial charge in [0, 0.05) is 23.6 Å². The zero-order valence-corrected chi connectivity index (χ0v) is 16.5. The van der Waals surface area contributed by atoms with Crippen molar-refractivity contribution < 1.29 is 19.1 Å². The number of hydrogen-bond acceptors (Lipinski definition) is 4. The van der Waals surface area contributed by atoms with Gasteiger partial charge in [-0.05, 0) is 44.5 Å². The summed E-state index contributed by atoms with van der Waals surface area (Å²) in [4.78, 5) is 25.2. The third-order valence-electron chi connectivity index (χ3n) is 4.62. The van der Waals surface area contributed by atoms with E-state index in [-0.39, 0.29) is 0 Å². The van der Waals surface area contributed by atoms with Gasteiger partial charge in [-0.2, -0.15) is 0 Å². The maximum absolute atomic E-state index is 12.7. The molecule has 146 valence electrons. The largest absolute Gasteiger partial charge is 0.495 e. The van der Waals surface area contributed by atoms with E-state index in [1.807, 2.05) is 48.7 Å². The Morgan fingerprint density at radius 1 is 1.18 bits per heavy atom. The number of amides is 1. The van der Waals surface area contributed by atoms with Crippen molar-refractivity contribution in [3.63, 3.8) is 0 Å². The average molecular weight is 380 g/mol. The molecule has 3 rings (SSSR count). The van der Waals surface area contributed by atoms with E-state index in [2.05, 4.69) is 5.32 Å². The van der Waals surface area contributed by atoms with Gasteiger partial charge in [0.1, 0.15) is 5.75 Å². The van der Waals surface area contributed by atoms with Crippen molar-refractivity contribution in [2.24, 2.45) is 0 Å². The number of para-hydroxylation sites is 1. The third-order valence-corrected chi connectivity index (χ3v) is 4.62. The van der Waals surface area contributed by atoms with Gasteiger partial charge in [-0.3, -0.25) is 4.79 Å². The molecular formula is C22H24N2O4. The highest BCUT2D eigenvalue weighted by Gasteiger charge is 2.23. The van der Waals surface area contributed by atoms with Crippen LogP contribution in [0.5, 0.6) is 5.75 Å². The van der Waals surface area contributed by atoms with Crippen molar-refractivity contribution >= 4 is 28.5 Å². The summed E-state index contributed by atoms with van der Waals surface area (Å²) in [6.45, 7) is 6.21. The SMILES string of the molecule is CCn1cc(C(=O)OC(C)C(=O)Nc2cc(C)ccc2OC)c2ccccc21. The first-order valence-electron chi connectivity index (χ1n) is 9.19. The Labute approximate surface area is 164 Å². The molecule has 0 radical (unpaired) electrons. The predicted molar refractivity (Wildman–Crippen MR) is 109 cm³/mol. The fourth-order valence-electron chi connectivity index (χ4n) is 3.10. The molecule has 6 nitrogen and oxygen atoms in total. The first kappa shape index (κ1) is 19.5. The fourth-order valence-corrected chi connectivity index (χ4v) is 3.10. The van der Waals surface area contributed by atoms with E-state index >= 15 is 0 Å². The van der Waals surface area contributed by atoms with Crippen molar-refractivity contribution in [1.82, 2.24) is 4.57 Å². The van der Waals surface area contributed by atoms with Gasteiger partial charge in [-0.1, -0.05) is 24.3 Å². The standard InChI is InChI=1S/C22H24N2O4/c1-5-24-13-17(16-8-6-7-9-19(16)24)22(26)28-15(3)21(25)23-18-12-14(2)10-11-20(18)27-4/h6-13,15H,5H2,1-4H3,(H,23,25). The van der Waals surface area contributed by atoms with E-state index < -0.39 is 18.0 Å². The molecule has 1 atom stereocenters. The molecule has 0 aliphatic carbocycles.